The van der Waals surface area contributed by atoms with Gasteiger partial charge in [-0.05, 0) is 57.8 Å². The number of para-hydroxylation sites is 1. The molecule has 1 heterocycles. The molecule has 2 unspecified atom stereocenters. The van der Waals surface area contributed by atoms with Gasteiger partial charge in [0, 0.05) is 6.04 Å². The molecule has 0 bridgehead atoms. The number of benzene rings is 1. The van der Waals surface area contributed by atoms with Crippen molar-refractivity contribution < 1.29 is 9.84 Å². The summed E-state index contributed by atoms with van der Waals surface area (Å²) in [6.07, 6.45) is 12.4. The highest BCUT2D eigenvalue weighted by Crippen LogP contribution is 2.42. The summed E-state index contributed by atoms with van der Waals surface area (Å²) in [5.41, 5.74) is 0.892. The SMILES string of the molecule is CCCCCCCCCN(C)C(CC)C1(C)CCc2cccc(O)c2O1. The second kappa shape index (κ2) is 10.2. The standard InChI is InChI=1S/C23H39NO2/c1-5-7-8-9-10-11-12-18-24(4)21(6-2)23(3)17-16-19-14-13-15-20(25)22(19)26-23/h13-15,21,25H,5-12,16-18H2,1-4H3. The number of nitrogens with zero attached hydrogens (tertiary/aromatic N) is 1. The van der Waals surface area contributed by atoms with E-state index in [9.17, 15) is 5.11 Å². The van der Waals surface area contributed by atoms with Gasteiger partial charge in [0.1, 0.15) is 5.60 Å². The van der Waals surface area contributed by atoms with Crippen LogP contribution in [0.4, 0.5) is 0 Å². The molecular weight excluding hydrogens is 322 g/mol. The smallest absolute Gasteiger partial charge is 0.165 e. The fraction of sp³-hybridized carbons (Fsp3) is 0.739. The lowest BCUT2D eigenvalue weighted by Gasteiger charge is -2.45. The Hall–Kier alpha value is -1.22. The first-order chi connectivity index (χ1) is 12.5. The van der Waals surface area contributed by atoms with Gasteiger partial charge in [-0.3, -0.25) is 4.90 Å². The third-order valence-corrected chi connectivity index (χ3v) is 6.04. The van der Waals surface area contributed by atoms with Gasteiger partial charge in [-0.25, -0.2) is 0 Å². The molecule has 2 atom stereocenters. The number of aromatic hydroxyl groups is 1. The highest BCUT2D eigenvalue weighted by atomic mass is 16.5. The molecule has 0 spiro atoms. The zero-order valence-corrected chi connectivity index (χ0v) is 17.4. The Bertz CT molecular complexity index is 545. The Morgan fingerprint density at radius 2 is 1.81 bits per heavy atom. The molecule has 0 saturated heterocycles. The lowest BCUT2D eigenvalue weighted by atomic mass is 9.84. The Balaban J connectivity index is 1.87. The topological polar surface area (TPSA) is 32.7 Å². The molecule has 1 aliphatic heterocycles. The number of phenols is 1. The van der Waals surface area contributed by atoms with Crippen LogP contribution in [0.2, 0.25) is 0 Å². The van der Waals surface area contributed by atoms with E-state index in [0.717, 1.165) is 31.4 Å². The van der Waals surface area contributed by atoms with E-state index in [1.54, 1.807) is 6.07 Å². The third kappa shape index (κ3) is 5.39. The molecule has 1 aliphatic rings. The van der Waals surface area contributed by atoms with Crippen molar-refractivity contribution in [2.75, 3.05) is 13.6 Å². The van der Waals surface area contributed by atoms with Crippen LogP contribution in [-0.2, 0) is 6.42 Å². The number of hydrogen-bond acceptors (Lipinski definition) is 3. The van der Waals surface area contributed by atoms with Crippen LogP contribution in [0.15, 0.2) is 18.2 Å². The van der Waals surface area contributed by atoms with Crippen LogP contribution in [0.25, 0.3) is 0 Å². The maximum Gasteiger partial charge on any atom is 0.165 e. The molecule has 1 aromatic carbocycles. The van der Waals surface area contributed by atoms with Crippen LogP contribution < -0.4 is 4.74 Å². The number of aryl methyl sites for hydroxylation is 1. The zero-order chi connectivity index (χ0) is 19.0. The van der Waals surface area contributed by atoms with Gasteiger partial charge < -0.3 is 9.84 Å². The second-order valence-electron chi connectivity index (χ2n) is 8.21. The number of fused-ring (bicyclic) bond motifs is 1. The quantitative estimate of drug-likeness (QED) is 0.495. The summed E-state index contributed by atoms with van der Waals surface area (Å²) in [7, 11) is 2.24. The summed E-state index contributed by atoms with van der Waals surface area (Å²) in [6.45, 7) is 7.86. The van der Waals surface area contributed by atoms with Gasteiger partial charge in [0.25, 0.3) is 0 Å². The average molecular weight is 362 g/mol. The molecule has 2 rings (SSSR count). The van der Waals surface area contributed by atoms with E-state index in [-0.39, 0.29) is 11.4 Å². The number of likely N-dealkylation sites (N-methyl/N-ethyl adjacent to an activating group) is 1. The number of phenolic OH excluding ortho intramolecular Hbond substituents is 1. The van der Waals surface area contributed by atoms with Crippen molar-refractivity contribution in [3.8, 4) is 11.5 Å². The summed E-state index contributed by atoms with van der Waals surface area (Å²) in [5.74, 6) is 0.974. The summed E-state index contributed by atoms with van der Waals surface area (Å²) in [6, 6.07) is 6.07. The van der Waals surface area contributed by atoms with Crippen LogP contribution >= 0.6 is 0 Å². The molecule has 0 aliphatic carbocycles. The van der Waals surface area contributed by atoms with E-state index in [2.05, 4.69) is 38.8 Å². The minimum absolute atomic E-state index is 0.240. The molecule has 3 nitrogen and oxygen atoms in total. The predicted molar refractivity (Wildman–Crippen MR) is 110 cm³/mol. The van der Waals surface area contributed by atoms with Crippen LogP contribution in [0.1, 0.15) is 84.1 Å². The molecular formula is C23H39NO2. The second-order valence-corrected chi connectivity index (χ2v) is 8.21. The average Bonchev–Trinajstić information content (AvgIpc) is 2.62. The molecule has 3 heteroatoms. The van der Waals surface area contributed by atoms with E-state index in [4.69, 9.17) is 4.74 Å². The number of rotatable bonds is 11. The number of unbranched alkanes of at least 4 members (excludes halogenated alkanes) is 6. The predicted octanol–water partition coefficient (Wildman–Crippen LogP) is 5.94. The van der Waals surface area contributed by atoms with Gasteiger partial charge in [0.15, 0.2) is 11.5 Å². The van der Waals surface area contributed by atoms with Crippen molar-refractivity contribution >= 4 is 0 Å². The van der Waals surface area contributed by atoms with E-state index in [0.29, 0.717) is 11.8 Å². The first kappa shape index (κ1) is 21.1. The van der Waals surface area contributed by atoms with Crippen molar-refractivity contribution in [2.24, 2.45) is 0 Å². The van der Waals surface area contributed by atoms with Crippen molar-refractivity contribution in [3.63, 3.8) is 0 Å². The lowest BCUT2D eigenvalue weighted by molar-refractivity contribution is -0.0228. The molecule has 148 valence electrons. The Morgan fingerprint density at radius 3 is 2.50 bits per heavy atom. The molecule has 0 saturated carbocycles. The first-order valence-electron chi connectivity index (χ1n) is 10.7. The molecule has 1 N–H and O–H groups in total. The summed E-state index contributed by atoms with van der Waals surface area (Å²) in [5, 5.41) is 10.2. The number of ether oxygens (including phenoxy) is 1. The maximum absolute atomic E-state index is 10.2. The fourth-order valence-corrected chi connectivity index (χ4v) is 4.47. The van der Waals surface area contributed by atoms with Crippen molar-refractivity contribution in [1.29, 1.82) is 0 Å². The largest absolute Gasteiger partial charge is 0.504 e. The minimum atomic E-state index is -0.240. The molecule has 0 aromatic heterocycles. The highest BCUT2D eigenvalue weighted by Gasteiger charge is 2.41. The monoisotopic (exact) mass is 361 g/mol. The Morgan fingerprint density at radius 1 is 1.12 bits per heavy atom. The van der Waals surface area contributed by atoms with Gasteiger partial charge in [-0.2, -0.15) is 0 Å². The normalized spacial score (nSPS) is 20.7. The van der Waals surface area contributed by atoms with Gasteiger partial charge in [-0.15, -0.1) is 0 Å². The Kier molecular flexibility index (Phi) is 8.27. The highest BCUT2D eigenvalue weighted by molar-refractivity contribution is 5.47. The Labute approximate surface area is 160 Å². The number of hydrogen-bond donors (Lipinski definition) is 1. The van der Waals surface area contributed by atoms with Crippen molar-refractivity contribution in [1.82, 2.24) is 4.90 Å². The van der Waals surface area contributed by atoms with Crippen LogP contribution in [0, 0.1) is 0 Å². The first-order valence-corrected chi connectivity index (χ1v) is 10.7. The molecule has 0 fully saturated rings. The van der Waals surface area contributed by atoms with E-state index < -0.39 is 0 Å². The lowest BCUT2D eigenvalue weighted by Crippen LogP contribution is -2.54. The minimum Gasteiger partial charge on any atom is -0.504 e. The van der Waals surface area contributed by atoms with Crippen LogP contribution in [0.5, 0.6) is 11.5 Å². The molecule has 26 heavy (non-hydrogen) atoms. The van der Waals surface area contributed by atoms with Gasteiger partial charge in [0.05, 0.1) is 0 Å². The maximum atomic E-state index is 10.2. The van der Waals surface area contributed by atoms with Crippen molar-refractivity contribution in [3.05, 3.63) is 23.8 Å². The van der Waals surface area contributed by atoms with E-state index in [1.807, 2.05) is 6.07 Å². The van der Waals surface area contributed by atoms with Gasteiger partial charge >= 0.3 is 0 Å². The molecule has 0 amide bonds. The van der Waals surface area contributed by atoms with Gasteiger partial charge in [0.2, 0.25) is 0 Å². The third-order valence-electron chi connectivity index (χ3n) is 6.04. The fourth-order valence-electron chi connectivity index (χ4n) is 4.47. The van der Waals surface area contributed by atoms with E-state index in [1.165, 1.54) is 44.9 Å². The van der Waals surface area contributed by atoms with Crippen LogP contribution in [-0.4, -0.2) is 35.2 Å². The van der Waals surface area contributed by atoms with Gasteiger partial charge in [-0.1, -0.05) is 64.5 Å². The summed E-state index contributed by atoms with van der Waals surface area (Å²) in [4.78, 5) is 2.48. The molecule has 1 aromatic rings. The summed E-state index contributed by atoms with van der Waals surface area (Å²) < 4.78 is 6.40. The molecule has 0 radical (unpaired) electrons. The zero-order valence-electron chi connectivity index (χ0n) is 17.4. The van der Waals surface area contributed by atoms with Crippen LogP contribution in [0.3, 0.4) is 0 Å². The summed E-state index contributed by atoms with van der Waals surface area (Å²) >= 11 is 0. The van der Waals surface area contributed by atoms with Crippen molar-refractivity contribution in [2.45, 2.75) is 96.6 Å². The van der Waals surface area contributed by atoms with E-state index >= 15 is 0 Å².